The summed E-state index contributed by atoms with van der Waals surface area (Å²) in [6.07, 6.45) is 0. The van der Waals surface area contributed by atoms with Crippen molar-refractivity contribution >= 4 is 11.8 Å². The Bertz CT molecular complexity index is 326. The highest BCUT2D eigenvalue weighted by atomic mass is 32.2. The molecule has 0 heterocycles. The standard InChI is InChI=1S/C13H20FNS/c1-4-16-13-7-5-6-12(14)11(13)9-15-8-10(2)3/h5-7,10,15H,4,8-9H2,1-3H3. The van der Waals surface area contributed by atoms with E-state index in [9.17, 15) is 4.39 Å². The molecule has 1 rings (SSSR count). The van der Waals surface area contributed by atoms with Crippen molar-refractivity contribution < 1.29 is 4.39 Å². The molecule has 1 N–H and O–H groups in total. The average Bonchev–Trinajstić information content (AvgIpc) is 2.22. The van der Waals surface area contributed by atoms with E-state index in [1.807, 2.05) is 6.07 Å². The van der Waals surface area contributed by atoms with Crippen molar-refractivity contribution in [3.8, 4) is 0 Å². The molecule has 3 heteroatoms. The molecule has 90 valence electrons. The summed E-state index contributed by atoms with van der Waals surface area (Å²) in [5.41, 5.74) is 0.801. The fraction of sp³-hybridized carbons (Fsp3) is 0.538. The minimum atomic E-state index is -0.102. The largest absolute Gasteiger partial charge is 0.312 e. The van der Waals surface area contributed by atoms with Crippen LogP contribution in [0.3, 0.4) is 0 Å². The summed E-state index contributed by atoms with van der Waals surface area (Å²) in [5.74, 6) is 1.46. The van der Waals surface area contributed by atoms with E-state index in [0.29, 0.717) is 12.5 Å². The SMILES string of the molecule is CCSc1cccc(F)c1CNCC(C)C. The number of rotatable bonds is 6. The minimum absolute atomic E-state index is 0.102. The Balaban J connectivity index is 2.68. The molecule has 1 nitrogen and oxygen atoms in total. The highest BCUT2D eigenvalue weighted by Crippen LogP contribution is 2.24. The van der Waals surface area contributed by atoms with E-state index < -0.39 is 0 Å². The predicted molar refractivity (Wildman–Crippen MR) is 69.3 cm³/mol. The van der Waals surface area contributed by atoms with Crippen LogP contribution in [-0.2, 0) is 6.54 Å². The zero-order chi connectivity index (χ0) is 12.0. The summed E-state index contributed by atoms with van der Waals surface area (Å²) in [4.78, 5) is 1.05. The predicted octanol–water partition coefficient (Wildman–Crippen LogP) is 3.68. The number of halogens is 1. The van der Waals surface area contributed by atoms with E-state index in [0.717, 1.165) is 22.8 Å². The van der Waals surface area contributed by atoms with Gasteiger partial charge in [-0.1, -0.05) is 26.8 Å². The second kappa shape index (κ2) is 6.92. The Morgan fingerprint density at radius 2 is 2.12 bits per heavy atom. The molecule has 0 unspecified atom stereocenters. The molecule has 0 aliphatic carbocycles. The van der Waals surface area contributed by atoms with Gasteiger partial charge in [-0.15, -0.1) is 11.8 Å². The second-order valence-electron chi connectivity index (χ2n) is 4.17. The number of hydrogen-bond donors (Lipinski definition) is 1. The lowest BCUT2D eigenvalue weighted by Crippen LogP contribution is -2.20. The van der Waals surface area contributed by atoms with E-state index in [1.54, 1.807) is 17.8 Å². The first kappa shape index (κ1) is 13.5. The maximum absolute atomic E-state index is 13.6. The Hall–Kier alpha value is -0.540. The third-order valence-corrected chi connectivity index (χ3v) is 3.21. The van der Waals surface area contributed by atoms with Crippen LogP contribution >= 0.6 is 11.8 Å². The van der Waals surface area contributed by atoms with Crippen LogP contribution in [0.25, 0.3) is 0 Å². The monoisotopic (exact) mass is 241 g/mol. The number of nitrogens with one attached hydrogen (secondary N) is 1. The lowest BCUT2D eigenvalue weighted by Gasteiger charge is -2.12. The van der Waals surface area contributed by atoms with Crippen molar-refractivity contribution in [3.63, 3.8) is 0 Å². The van der Waals surface area contributed by atoms with E-state index in [-0.39, 0.29) is 5.82 Å². The molecule has 16 heavy (non-hydrogen) atoms. The average molecular weight is 241 g/mol. The van der Waals surface area contributed by atoms with E-state index in [4.69, 9.17) is 0 Å². The maximum atomic E-state index is 13.6. The van der Waals surface area contributed by atoms with Gasteiger partial charge in [-0.2, -0.15) is 0 Å². The van der Waals surface area contributed by atoms with Crippen molar-refractivity contribution in [2.24, 2.45) is 5.92 Å². The Morgan fingerprint density at radius 1 is 1.38 bits per heavy atom. The lowest BCUT2D eigenvalue weighted by molar-refractivity contribution is 0.530. The van der Waals surface area contributed by atoms with Crippen LogP contribution in [0, 0.1) is 11.7 Å². The van der Waals surface area contributed by atoms with Gasteiger partial charge in [0.25, 0.3) is 0 Å². The Morgan fingerprint density at radius 3 is 2.75 bits per heavy atom. The third-order valence-electron chi connectivity index (χ3n) is 2.23. The van der Waals surface area contributed by atoms with Gasteiger partial charge in [0, 0.05) is 17.0 Å². The summed E-state index contributed by atoms with van der Waals surface area (Å²) < 4.78 is 13.6. The zero-order valence-electron chi connectivity index (χ0n) is 10.2. The normalized spacial score (nSPS) is 11.1. The van der Waals surface area contributed by atoms with E-state index in [1.165, 1.54) is 6.07 Å². The van der Waals surface area contributed by atoms with Crippen molar-refractivity contribution in [2.45, 2.75) is 32.2 Å². The first-order valence-electron chi connectivity index (χ1n) is 5.76. The van der Waals surface area contributed by atoms with Gasteiger partial charge >= 0.3 is 0 Å². The fourth-order valence-corrected chi connectivity index (χ4v) is 2.32. The molecule has 0 amide bonds. The Kier molecular flexibility index (Phi) is 5.85. The van der Waals surface area contributed by atoms with Gasteiger partial charge in [-0.25, -0.2) is 4.39 Å². The molecular formula is C13H20FNS. The van der Waals surface area contributed by atoms with Gasteiger partial charge in [0.1, 0.15) is 5.82 Å². The zero-order valence-corrected chi connectivity index (χ0v) is 11.0. The van der Waals surface area contributed by atoms with Gasteiger partial charge in [0.05, 0.1) is 0 Å². The van der Waals surface area contributed by atoms with E-state index >= 15 is 0 Å². The minimum Gasteiger partial charge on any atom is -0.312 e. The summed E-state index contributed by atoms with van der Waals surface area (Å²) in [7, 11) is 0. The van der Waals surface area contributed by atoms with Crippen LogP contribution in [-0.4, -0.2) is 12.3 Å². The molecule has 0 saturated heterocycles. The fourth-order valence-electron chi connectivity index (χ4n) is 1.49. The molecule has 0 saturated carbocycles. The smallest absolute Gasteiger partial charge is 0.128 e. The molecule has 0 aliphatic rings. The van der Waals surface area contributed by atoms with Gasteiger partial charge in [-0.3, -0.25) is 0 Å². The first-order valence-corrected chi connectivity index (χ1v) is 6.74. The second-order valence-corrected chi connectivity index (χ2v) is 5.48. The quantitative estimate of drug-likeness (QED) is 0.762. The van der Waals surface area contributed by atoms with E-state index in [2.05, 4.69) is 26.1 Å². The molecule has 0 bridgehead atoms. The highest BCUT2D eigenvalue weighted by Gasteiger charge is 2.07. The molecule has 1 aromatic rings. The van der Waals surface area contributed by atoms with Crippen LogP contribution in [0.5, 0.6) is 0 Å². The molecule has 0 fully saturated rings. The van der Waals surface area contributed by atoms with Gasteiger partial charge in [-0.05, 0) is 30.3 Å². The highest BCUT2D eigenvalue weighted by molar-refractivity contribution is 7.99. The van der Waals surface area contributed by atoms with Crippen molar-refractivity contribution in [1.29, 1.82) is 0 Å². The van der Waals surface area contributed by atoms with Crippen LogP contribution in [0.1, 0.15) is 26.3 Å². The molecule has 0 spiro atoms. The van der Waals surface area contributed by atoms with Crippen LogP contribution in [0.4, 0.5) is 4.39 Å². The molecule has 0 aliphatic heterocycles. The van der Waals surface area contributed by atoms with Gasteiger partial charge in [0.2, 0.25) is 0 Å². The molecule has 0 radical (unpaired) electrons. The van der Waals surface area contributed by atoms with Crippen molar-refractivity contribution in [3.05, 3.63) is 29.6 Å². The summed E-state index contributed by atoms with van der Waals surface area (Å²) >= 11 is 1.69. The van der Waals surface area contributed by atoms with Crippen LogP contribution in [0.2, 0.25) is 0 Å². The molecule has 0 atom stereocenters. The Labute approximate surface area is 102 Å². The van der Waals surface area contributed by atoms with Gasteiger partial charge in [0.15, 0.2) is 0 Å². The van der Waals surface area contributed by atoms with Crippen LogP contribution < -0.4 is 5.32 Å². The lowest BCUT2D eigenvalue weighted by atomic mass is 10.2. The first-order chi connectivity index (χ1) is 7.65. The van der Waals surface area contributed by atoms with Crippen molar-refractivity contribution in [2.75, 3.05) is 12.3 Å². The maximum Gasteiger partial charge on any atom is 0.128 e. The van der Waals surface area contributed by atoms with Crippen molar-refractivity contribution in [1.82, 2.24) is 5.32 Å². The van der Waals surface area contributed by atoms with Gasteiger partial charge < -0.3 is 5.32 Å². The summed E-state index contributed by atoms with van der Waals surface area (Å²) in [6, 6.07) is 5.30. The molecule has 0 aromatic heterocycles. The van der Waals surface area contributed by atoms with Crippen LogP contribution in [0.15, 0.2) is 23.1 Å². The summed E-state index contributed by atoms with van der Waals surface area (Å²) in [6.45, 7) is 7.92. The third kappa shape index (κ3) is 4.14. The summed E-state index contributed by atoms with van der Waals surface area (Å²) in [5, 5.41) is 3.29. The number of thioether (sulfide) groups is 1. The number of benzene rings is 1. The topological polar surface area (TPSA) is 12.0 Å². The molecular weight excluding hydrogens is 221 g/mol. The molecule has 1 aromatic carbocycles. The number of hydrogen-bond acceptors (Lipinski definition) is 2.